The molecule has 0 heterocycles. The summed E-state index contributed by atoms with van der Waals surface area (Å²) in [5.41, 5.74) is 5.47. The lowest BCUT2D eigenvalue weighted by atomic mass is 9.84. The lowest BCUT2D eigenvalue weighted by Gasteiger charge is -2.27. The van der Waals surface area contributed by atoms with Gasteiger partial charge >= 0.3 is 0 Å². The van der Waals surface area contributed by atoms with Gasteiger partial charge < -0.3 is 11.1 Å². The normalized spacial score (nSPS) is 31.1. The van der Waals surface area contributed by atoms with Gasteiger partial charge in [-0.2, -0.15) is 5.26 Å². The summed E-state index contributed by atoms with van der Waals surface area (Å²) in [6.45, 7) is 2.34. The fourth-order valence-corrected chi connectivity index (χ4v) is 1.91. The molecule has 0 aromatic rings. The molecule has 0 aromatic heterocycles. The highest BCUT2D eigenvalue weighted by atomic mass is 16.2. The number of nitriles is 1. The van der Waals surface area contributed by atoms with E-state index < -0.39 is 5.41 Å². The lowest BCUT2D eigenvalue weighted by molar-refractivity contribution is -0.130. The summed E-state index contributed by atoms with van der Waals surface area (Å²) >= 11 is 0. The van der Waals surface area contributed by atoms with Crippen LogP contribution in [0.2, 0.25) is 0 Å². The first kappa shape index (κ1) is 11.0. The number of nitrogens with zero attached hydrogens (tertiary/aromatic N) is 1. The topological polar surface area (TPSA) is 78.9 Å². The van der Waals surface area contributed by atoms with Crippen LogP contribution in [0, 0.1) is 16.7 Å². The number of hydrogen-bond donors (Lipinski definition) is 2. The van der Waals surface area contributed by atoms with Gasteiger partial charge in [-0.05, 0) is 19.8 Å². The van der Waals surface area contributed by atoms with Crippen LogP contribution in [-0.2, 0) is 4.79 Å². The summed E-state index contributed by atoms with van der Waals surface area (Å²) in [6, 6.07) is 1.95. The standard InChI is InChI=1S/C10H17N3O/c1-10(5-2-4-8(10)12)9(14)13-7-3-6-11/h8H,2-5,7,12H2,1H3,(H,13,14). The first-order valence-corrected chi connectivity index (χ1v) is 5.02. The van der Waals surface area contributed by atoms with Gasteiger partial charge in [0.05, 0.1) is 17.9 Å². The van der Waals surface area contributed by atoms with Crippen molar-refractivity contribution >= 4 is 5.91 Å². The molecule has 2 atom stereocenters. The van der Waals surface area contributed by atoms with E-state index in [1.165, 1.54) is 0 Å². The lowest BCUT2D eigenvalue weighted by Crippen LogP contribution is -2.47. The molecular formula is C10H17N3O. The number of nitrogens with one attached hydrogen (secondary N) is 1. The summed E-state index contributed by atoms with van der Waals surface area (Å²) in [6.07, 6.45) is 3.15. The molecule has 1 saturated carbocycles. The molecule has 0 saturated heterocycles. The minimum absolute atomic E-state index is 0.00208. The van der Waals surface area contributed by atoms with Crippen LogP contribution >= 0.6 is 0 Å². The van der Waals surface area contributed by atoms with Crippen LogP contribution < -0.4 is 11.1 Å². The first-order chi connectivity index (χ1) is 6.61. The van der Waals surface area contributed by atoms with E-state index in [2.05, 4.69) is 5.32 Å². The summed E-state index contributed by atoms with van der Waals surface area (Å²) in [5, 5.41) is 11.1. The van der Waals surface area contributed by atoms with Crippen molar-refractivity contribution in [3.8, 4) is 6.07 Å². The average Bonchev–Trinajstić information content (AvgIpc) is 2.49. The second-order valence-corrected chi connectivity index (χ2v) is 4.08. The van der Waals surface area contributed by atoms with Crippen LogP contribution in [0.3, 0.4) is 0 Å². The molecule has 1 aliphatic rings. The van der Waals surface area contributed by atoms with E-state index >= 15 is 0 Å². The Morgan fingerprint density at radius 2 is 2.50 bits per heavy atom. The van der Waals surface area contributed by atoms with Crippen LogP contribution in [0.15, 0.2) is 0 Å². The molecule has 0 bridgehead atoms. The smallest absolute Gasteiger partial charge is 0.227 e. The molecule has 0 aliphatic heterocycles. The maximum absolute atomic E-state index is 11.8. The molecule has 1 aliphatic carbocycles. The van der Waals surface area contributed by atoms with Crippen LogP contribution in [0.5, 0.6) is 0 Å². The van der Waals surface area contributed by atoms with Crippen molar-refractivity contribution in [3.63, 3.8) is 0 Å². The van der Waals surface area contributed by atoms with Crippen molar-refractivity contribution in [2.75, 3.05) is 6.54 Å². The van der Waals surface area contributed by atoms with E-state index in [-0.39, 0.29) is 11.9 Å². The Kier molecular flexibility index (Phi) is 3.48. The molecule has 2 unspecified atom stereocenters. The number of amides is 1. The van der Waals surface area contributed by atoms with Crippen molar-refractivity contribution in [2.24, 2.45) is 11.1 Å². The highest BCUT2D eigenvalue weighted by Crippen LogP contribution is 2.36. The fraction of sp³-hybridized carbons (Fsp3) is 0.800. The summed E-state index contributed by atoms with van der Waals surface area (Å²) in [7, 11) is 0. The molecule has 14 heavy (non-hydrogen) atoms. The van der Waals surface area contributed by atoms with E-state index in [0.29, 0.717) is 13.0 Å². The van der Waals surface area contributed by atoms with Gasteiger partial charge in [-0.25, -0.2) is 0 Å². The molecule has 0 radical (unpaired) electrons. The predicted molar refractivity (Wildman–Crippen MR) is 53.2 cm³/mol. The Labute approximate surface area is 84.5 Å². The quantitative estimate of drug-likeness (QED) is 0.645. The van der Waals surface area contributed by atoms with Gasteiger partial charge in [-0.15, -0.1) is 0 Å². The Morgan fingerprint density at radius 3 is 3.00 bits per heavy atom. The van der Waals surface area contributed by atoms with Crippen molar-refractivity contribution in [2.45, 2.75) is 38.6 Å². The third kappa shape index (κ3) is 2.05. The molecular weight excluding hydrogens is 178 g/mol. The summed E-state index contributed by atoms with van der Waals surface area (Å²) in [5.74, 6) is -0.00208. The zero-order valence-electron chi connectivity index (χ0n) is 8.55. The minimum Gasteiger partial charge on any atom is -0.355 e. The Bertz CT molecular complexity index is 259. The summed E-state index contributed by atoms with van der Waals surface area (Å²) < 4.78 is 0. The predicted octanol–water partition coefficient (Wildman–Crippen LogP) is 0.534. The van der Waals surface area contributed by atoms with Crippen molar-refractivity contribution in [1.82, 2.24) is 5.32 Å². The van der Waals surface area contributed by atoms with Gasteiger partial charge in [0.1, 0.15) is 0 Å². The maximum atomic E-state index is 11.8. The molecule has 0 spiro atoms. The van der Waals surface area contributed by atoms with Gasteiger partial charge in [-0.3, -0.25) is 4.79 Å². The largest absolute Gasteiger partial charge is 0.355 e. The van der Waals surface area contributed by atoms with E-state index in [0.717, 1.165) is 19.3 Å². The minimum atomic E-state index is -0.421. The summed E-state index contributed by atoms with van der Waals surface area (Å²) in [4.78, 5) is 11.8. The molecule has 78 valence electrons. The molecule has 1 amide bonds. The van der Waals surface area contributed by atoms with E-state index in [9.17, 15) is 4.79 Å². The van der Waals surface area contributed by atoms with E-state index in [1.54, 1.807) is 0 Å². The number of hydrogen-bond acceptors (Lipinski definition) is 3. The zero-order chi connectivity index (χ0) is 10.6. The molecule has 1 fully saturated rings. The first-order valence-electron chi connectivity index (χ1n) is 5.02. The van der Waals surface area contributed by atoms with E-state index in [1.807, 2.05) is 13.0 Å². The molecule has 3 N–H and O–H groups in total. The molecule has 0 aromatic carbocycles. The van der Waals surface area contributed by atoms with Crippen LogP contribution in [-0.4, -0.2) is 18.5 Å². The van der Waals surface area contributed by atoms with Crippen LogP contribution in [0.1, 0.15) is 32.6 Å². The van der Waals surface area contributed by atoms with Crippen molar-refractivity contribution < 1.29 is 4.79 Å². The molecule has 4 nitrogen and oxygen atoms in total. The Balaban J connectivity index is 2.47. The van der Waals surface area contributed by atoms with Gasteiger partial charge in [0.2, 0.25) is 5.91 Å². The number of rotatable bonds is 3. The SMILES string of the molecule is CC1(C(=O)NCCC#N)CCCC1N. The second kappa shape index (κ2) is 4.43. The third-order valence-corrected chi connectivity index (χ3v) is 3.07. The molecule has 4 heteroatoms. The number of carbonyl (C=O) groups is 1. The number of nitrogens with two attached hydrogens (primary N) is 1. The molecule has 1 rings (SSSR count). The van der Waals surface area contributed by atoms with Crippen LogP contribution in [0.25, 0.3) is 0 Å². The van der Waals surface area contributed by atoms with Crippen LogP contribution in [0.4, 0.5) is 0 Å². The van der Waals surface area contributed by atoms with Gasteiger partial charge in [-0.1, -0.05) is 6.42 Å². The van der Waals surface area contributed by atoms with Gasteiger partial charge in [0.15, 0.2) is 0 Å². The number of carbonyl (C=O) groups excluding carboxylic acids is 1. The Hall–Kier alpha value is -1.08. The van der Waals surface area contributed by atoms with Crippen molar-refractivity contribution in [3.05, 3.63) is 0 Å². The third-order valence-electron chi connectivity index (χ3n) is 3.07. The highest BCUT2D eigenvalue weighted by molar-refractivity contribution is 5.83. The zero-order valence-corrected chi connectivity index (χ0v) is 8.55. The second-order valence-electron chi connectivity index (χ2n) is 4.08. The Morgan fingerprint density at radius 1 is 1.79 bits per heavy atom. The van der Waals surface area contributed by atoms with Crippen molar-refractivity contribution in [1.29, 1.82) is 5.26 Å². The van der Waals surface area contributed by atoms with Gasteiger partial charge in [0.25, 0.3) is 0 Å². The van der Waals surface area contributed by atoms with E-state index in [4.69, 9.17) is 11.0 Å². The average molecular weight is 195 g/mol. The fourth-order valence-electron chi connectivity index (χ4n) is 1.91. The monoisotopic (exact) mass is 195 g/mol. The van der Waals surface area contributed by atoms with Gasteiger partial charge in [0, 0.05) is 12.6 Å². The maximum Gasteiger partial charge on any atom is 0.227 e. The highest BCUT2D eigenvalue weighted by Gasteiger charge is 2.42.